The second-order valence-corrected chi connectivity index (χ2v) is 3.54. The number of nitro groups is 1. The summed E-state index contributed by atoms with van der Waals surface area (Å²) in [5, 5.41) is 19.2. The number of nitrogens with zero attached hydrogens (tertiary/aromatic N) is 1. The molecule has 0 radical (unpaired) electrons. The molecule has 5 nitrogen and oxygen atoms in total. The summed E-state index contributed by atoms with van der Waals surface area (Å²) in [6, 6.07) is 2.41. The second-order valence-electron chi connectivity index (χ2n) is 2.68. The van der Waals surface area contributed by atoms with E-state index in [1.807, 2.05) is 0 Å². The van der Waals surface area contributed by atoms with Crippen molar-refractivity contribution in [2.24, 2.45) is 0 Å². The monoisotopic (exact) mass is 259 g/mol. The van der Waals surface area contributed by atoms with Crippen LogP contribution >= 0.6 is 15.9 Å². The van der Waals surface area contributed by atoms with Crippen molar-refractivity contribution < 1.29 is 14.8 Å². The van der Waals surface area contributed by atoms with Crippen LogP contribution in [-0.4, -0.2) is 16.0 Å². The molecule has 0 atom stereocenters. The van der Waals surface area contributed by atoms with Crippen molar-refractivity contribution in [3.05, 3.63) is 37.8 Å². The smallest absolute Gasteiger partial charge is 0.337 e. The maximum absolute atomic E-state index is 10.7. The number of carboxylic acids is 1. The van der Waals surface area contributed by atoms with Crippen molar-refractivity contribution >= 4 is 27.6 Å². The van der Waals surface area contributed by atoms with Gasteiger partial charge in [0.15, 0.2) is 0 Å². The summed E-state index contributed by atoms with van der Waals surface area (Å²) >= 11 is 2.98. The van der Waals surface area contributed by atoms with Crippen LogP contribution in [0.3, 0.4) is 0 Å². The average Bonchev–Trinajstić information content (AvgIpc) is 2.01. The predicted molar refractivity (Wildman–Crippen MR) is 52.5 cm³/mol. The van der Waals surface area contributed by atoms with E-state index in [2.05, 4.69) is 15.9 Å². The molecule has 6 heteroatoms. The highest BCUT2D eigenvalue weighted by Gasteiger charge is 2.17. The number of aromatic carboxylic acids is 1. The van der Waals surface area contributed by atoms with E-state index in [0.717, 1.165) is 0 Å². The molecule has 1 rings (SSSR count). The van der Waals surface area contributed by atoms with E-state index in [9.17, 15) is 14.9 Å². The van der Waals surface area contributed by atoms with Gasteiger partial charge in [-0.2, -0.15) is 0 Å². The molecule has 0 aliphatic rings. The minimum atomic E-state index is -1.11. The van der Waals surface area contributed by atoms with Crippen molar-refractivity contribution in [3.63, 3.8) is 0 Å². The summed E-state index contributed by atoms with van der Waals surface area (Å²) in [7, 11) is 0. The number of non-ortho nitro benzene ring substituents is 1. The van der Waals surface area contributed by atoms with E-state index >= 15 is 0 Å². The summed E-state index contributed by atoms with van der Waals surface area (Å²) in [5.41, 5.74) is 0.286. The first kappa shape index (κ1) is 10.6. The Morgan fingerprint density at radius 2 is 2.14 bits per heavy atom. The van der Waals surface area contributed by atoms with Gasteiger partial charge in [0.25, 0.3) is 5.69 Å². The van der Waals surface area contributed by atoms with Gasteiger partial charge in [-0.25, -0.2) is 4.79 Å². The van der Waals surface area contributed by atoms with Gasteiger partial charge in [-0.05, 0) is 28.4 Å². The SMILES string of the molecule is Cc1cc([N+](=O)[O-])cc(Br)c1C(=O)O. The van der Waals surface area contributed by atoms with E-state index in [1.165, 1.54) is 19.1 Å². The van der Waals surface area contributed by atoms with Crippen LogP contribution in [-0.2, 0) is 0 Å². The molecular formula is C8H6BrNO4. The van der Waals surface area contributed by atoms with Crippen molar-refractivity contribution in [2.75, 3.05) is 0 Å². The van der Waals surface area contributed by atoms with Gasteiger partial charge in [0, 0.05) is 16.6 Å². The Morgan fingerprint density at radius 3 is 2.50 bits per heavy atom. The Balaban J connectivity index is 3.39. The zero-order valence-corrected chi connectivity index (χ0v) is 8.74. The zero-order chi connectivity index (χ0) is 10.9. The first-order chi connectivity index (χ1) is 6.43. The fourth-order valence-electron chi connectivity index (χ4n) is 1.10. The lowest BCUT2D eigenvalue weighted by atomic mass is 10.1. The summed E-state index contributed by atoms with van der Waals surface area (Å²) in [6.07, 6.45) is 0. The molecule has 0 aromatic heterocycles. The molecule has 0 aliphatic heterocycles. The van der Waals surface area contributed by atoms with Crippen molar-refractivity contribution in [3.8, 4) is 0 Å². The highest BCUT2D eigenvalue weighted by Crippen LogP contribution is 2.26. The summed E-state index contributed by atoms with van der Waals surface area (Å²) in [5.74, 6) is -1.11. The quantitative estimate of drug-likeness (QED) is 0.653. The van der Waals surface area contributed by atoms with Gasteiger partial charge in [-0.3, -0.25) is 10.1 Å². The molecule has 0 saturated carbocycles. The van der Waals surface area contributed by atoms with E-state index in [0.29, 0.717) is 5.56 Å². The molecule has 0 bridgehead atoms. The lowest BCUT2D eigenvalue weighted by Crippen LogP contribution is -2.02. The largest absolute Gasteiger partial charge is 0.478 e. The van der Waals surface area contributed by atoms with Crippen LogP contribution in [0.25, 0.3) is 0 Å². The van der Waals surface area contributed by atoms with E-state index in [4.69, 9.17) is 5.11 Å². The molecule has 0 fully saturated rings. The van der Waals surface area contributed by atoms with E-state index in [-0.39, 0.29) is 15.7 Å². The average molecular weight is 260 g/mol. The lowest BCUT2D eigenvalue weighted by molar-refractivity contribution is -0.385. The van der Waals surface area contributed by atoms with Gasteiger partial charge < -0.3 is 5.11 Å². The molecule has 0 saturated heterocycles. The predicted octanol–water partition coefficient (Wildman–Crippen LogP) is 2.36. The van der Waals surface area contributed by atoms with Gasteiger partial charge in [0.05, 0.1) is 10.5 Å². The Morgan fingerprint density at radius 1 is 1.57 bits per heavy atom. The van der Waals surface area contributed by atoms with Gasteiger partial charge in [0.1, 0.15) is 0 Å². The molecule has 1 aromatic carbocycles. The van der Waals surface area contributed by atoms with Crippen molar-refractivity contribution in [1.29, 1.82) is 0 Å². The Kier molecular flexibility index (Phi) is 2.85. The third kappa shape index (κ3) is 1.90. The van der Waals surface area contributed by atoms with Gasteiger partial charge in [0.2, 0.25) is 0 Å². The minimum absolute atomic E-state index is 0.0515. The molecule has 1 N–H and O–H groups in total. The number of halogens is 1. The highest BCUT2D eigenvalue weighted by molar-refractivity contribution is 9.10. The number of rotatable bonds is 2. The Labute approximate surface area is 87.6 Å². The first-order valence-electron chi connectivity index (χ1n) is 3.61. The van der Waals surface area contributed by atoms with E-state index < -0.39 is 10.9 Å². The summed E-state index contributed by atoms with van der Waals surface area (Å²) in [4.78, 5) is 20.6. The van der Waals surface area contributed by atoms with Gasteiger partial charge >= 0.3 is 5.97 Å². The highest BCUT2D eigenvalue weighted by atomic mass is 79.9. The number of benzene rings is 1. The summed E-state index contributed by atoms with van der Waals surface area (Å²) < 4.78 is 0.219. The maximum atomic E-state index is 10.7. The Hall–Kier alpha value is -1.43. The molecule has 0 heterocycles. The van der Waals surface area contributed by atoms with Crippen LogP contribution in [0.1, 0.15) is 15.9 Å². The molecule has 0 amide bonds. The lowest BCUT2D eigenvalue weighted by Gasteiger charge is -2.02. The summed E-state index contributed by atoms with van der Waals surface area (Å²) in [6.45, 7) is 1.52. The maximum Gasteiger partial charge on any atom is 0.337 e. The molecule has 0 aliphatic carbocycles. The van der Waals surface area contributed by atoms with Gasteiger partial charge in [-0.1, -0.05) is 0 Å². The number of carbonyl (C=O) groups is 1. The number of nitro benzene ring substituents is 1. The normalized spacial score (nSPS) is 9.86. The van der Waals surface area contributed by atoms with Gasteiger partial charge in [-0.15, -0.1) is 0 Å². The van der Waals surface area contributed by atoms with Crippen LogP contribution in [0.15, 0.2) is 16.6 Å². The molecule has 0 spiro atoms. The topological polar surface area (TPSA) is 80.4 Å². The third-order valence-electron chi connectivity index (χ3n) is 1.70. The molecular weight excluding hydrogens is 254 g/mol. The fraction of sp³-hybridized carbons (Fsp3) is 0.125. The van der Waals surface area contributed by atoms with Crippen LogP contribution in [0.5, 0.6) is 0 Å². The third-order valence-corrected chi connectivity index (χ3v) is 2.32. The van der Waals surface area contributed by atoms with E-state index in [1.54, 1.807) is 0 Å². The second kappa shape index (κ2) is 3.75. The molecule has 74 valence electrons. The van der Waals surface area contributed by atoms with Crippen LogP contribution in [0.2, 0.25) is 0 Å². The zero-order valence-electron chi connectivity index (χ0n) is 7.15. The number of hydrogen-bond acceptors (Lipinski definition) is 3. The Bertz CT molecular complexity index is 393. The van der Waals surface area contributed by atoms with Crippen molar-refractivity contribution in [1.82, 2.24) is 0 Å². The number of carboxylic acid groups (broad SMARTS) is 1. The van der Waals surface area contributed by atoms with Crippen LogP contribution in [0, 0.1) is 17.0 Å². The number of hydrogen-bond donors (Lipinski definition) is 1. The minimum Gasteiger partial charge on any atom is -0.478 e. The van der Waals surface area contributed by atoms with Crippen LogP contribution in [0.4, 0.5) is 5.69 Å². The first-order valence-corrected chi connectivity index (χ1v) is 4.40. The van der Waals surface area contributed by atoms with Crippen molar-refractivity contribution in [2.45, 2.75) is 6.92 Å². The molecule has 14 heavy (non-hydrogen) atoms. The van der Waals surface area contributed by atoms with Crippen LogP contribution < -0.4 is 0 Å². The number of aryl methyl sites for hydroxylation is 1. The molecule has 0 unspecified atom stereocenters. The molecule has 1 aromatic rings. The fourth-order valence-corrected chi connectivity index (χ4v) is 1.82. The standard InChI is InChI=1S/C8H6BrNO4/c1-4-2-5(10(13)14)3-6(9)7(4)8(11)12/h2-3H,1H3,(H,11,12).